The summed E-state index contributed by atoms with van der Waals surface area (Å²) in [4.78, 5) is 0.248. The summed E-state index contributed by atoms with van der Waals surface area (Å²) in [5, 5.41) is 0. The zero-order valence-electron chi connectivity index (χ0n) is 11.6. The molecule has 0 saturated carbocycles. The Labute approximate surface area is 124 Å². The molecule has 0 radical (unpaired) electrons. The zero-order chi connectivity index (χ0) is 14.8. The Balaban J connectivity index is 2.24. The molecule has 0 bridgehead atoms. The van der Waals surface area contributed by atoms with Gasteiger partial charge in [0.05, 0.1) is 19.8 Å². The van der Waals surface area contributed by atoms with Gasteiger partial charge in [0.25, 0.3) is 0 Å². The first-order chi connectivity index (χ1) is 9.65. The number of benzene rings is 1. The highest BCUT2D eigenvalue weighted by Crippen LogP contribution is 2.12. The normalized spacial score (nSPS) is 10.7. The number of rotatable bonds is 10. The van der Waals surface area contributed by atoms with Crippen molar-refractivity contribution in [1.82, 2.24) is 0 Å². The summed E-state index contributed by atoms with van der Waals surface area (Å²) in [5.74, 6) is -0.318. The lowest BCUT2D eigenvalue weighted by atomic mass is 10.1. The summed E-state index contributed by atoms with van der Waals surface area (Å²) >= 11 is 4.86. The molecular formula is C14H20FNO3S. The van der Waals surface area contributed by atoms with E-state index in [1.165, 1.54) is 6.07 Å². The maximum atomic E-state index is 13.5. The van der Waals surface area contributed by atoms with Gasteiger partial charge in [-0.05, 0) is 24.6 Å². The summed E-state index contributed by atoms with van der Waals surface area (Å²) < 4.78 is 29.1. The Hall–Kier alpha value is -1.08. The van der Waals surface area contributed by atoms with Gasteiger partial charge in [-0.1, -0.05) is 12.2 Å². The van der Waals surface area contributed by atoms with E-state index in [-0.39, 0.29) is 17.4 Å². The number of ether oxygens (including phenoxy) is 3. The summed E-state index contributed by atoms with van der Waals surface area (Å²) in [5.41, 5.74) is 6.60. The maximum absolute atomic E-state index is 13.5. The van der Waals surface area contributed by atoms with Crippen LogP contribution in [0.3, 0.4) is 0 Å². The van der Waals surface area contributed by atoms with Crippen molar-refractivity contribution in [3.63, 3.8) is 0 Å². The molecule has 0 unspecified atom stereocenters. The molecule has 4 nitrogen and oxygen atoms in total. The van der Waals surface area contributed by atoms with Crippen molar-refractivity contribution in [3.05, 3.63) is 35.1 Å². The molecular weight excluding hydrogens is 281 g/mol. The summed E-state index contributed by atoms with van der Waals surface area (Å²) in [6.07, 6.45) is 0.750. The molecule has 0 aromatic heterocycles. The monoisotopic (exact) mass is 301 g/mol. The molecule has 0 saturated heterocycles. The quantitative estimate of drug-likeness (QED) is 0.529. The minimum Gasteiger partial charge on any atom is -0.389 e. The number of hydrogen-bond donors (Lipinski definition) is 1. The van der Waals surface area contributed by atoms with Gasteiger partial charge in [-0.15, -0.1) is 0 Å². The molecule has 112 valence electrons. The molecule has 0 atom stereocenters. The molecule has 0 aliphatic carbocycles. The van der Waals surface area contributed by atoms with E-state index in [4.69, 9.17) is 32.2 Å². The highest BCUT2D eigenvalue weighted by Gasteiger charge is 2.05. The van der Waals surface area contributed by atoms with Crippen LogP contribution in [0.15, 0.2) is 18.2 Å². The van der Waals surface area contributed by atoms with E-state index in [1.807, 2.05) is 0 Å². The molecule has 0 aliphatic rings. The molecule has 2 N–H and O–H groups in total. The Kier molecular flexibility index (Phi) is 8.29. The van der Waals surface area contributed by atoms with Crippen molar-refractivity contribution in [1.29, 1.82) is 0 Å². The lowest BCUT2D eigenvalue weighted by Gasteiger charge is -2.08. The molecule has 0 heterocycles. The van der Waals surface area contributed by atoms with E-state index < -0.39 is 0 Å². The number of nitrogens with two attached hydrogens (primary N) is 1. The Morgan fingerprint density at radius 2 is 1.95 bits per heavy atom. The van der Waals surface area contributed by atoms with E-state index in [0.717, 1.165) is 6.42 Å². The van der Waals surface area contributed by atoms with Crippen molar-refractivity contribution in [2.75, 3.05) is 33.5 Å². The van der Waals surface area contributed by atoms with Gasteiger partial charge in [-0.3, -0.25) is 0 Å². The predicted molar refractivity (Wildman–Crippen MR) is 79.3 cm³/mol. The number of methoxy groups -OCH3 is 1. The van der Waals surface area contributed by atoms with Gasteiger partial charge in [-0.2, -0.15) is 0 Å². The van der Waals surface area contributed by atoms with Crippen molar-refractivity contribution in [2.45, 2.75) is 13.0 Å². The lowest BCUT2D eigenvalue weighted by Crippen LogP contribution is -2.10. The van der Waals surface area contributed by atoms with Crippen LogP contribution in [0.25, 0.3) is 0 Å². The van der Waals surface area contributed by atoms with E-state index >= 15 is 0 Å². The smallest absolute Gasteiger partial charge is 0.128 e. The van der Waals surface area contributed by atoms with E-state index in [1.54, 1.807) is 19.2 Å². The third-order valence-corrected chi connectivity index (χ3v) is 2.83. The lowest BCUT2D eigenvalue weighted by molar-refractivity contribution is 0.0479. The third-order valence-electron chi connectivity index (χ3n) is 2.60. The van der Waals surface area contributed by atoms with E-state index in [9.17, 15) is 4.39 Å². The Bertz CT molecular complexity index is 429. The first-order valence-electron chi connectivity index (χ1n) is 6.37. The van der Waals surface area contributed by atoms with Crippen molar-refractivity contribution in [3.8, 4) is 0 Å². The molecule has 0 fully saturated rings. The van der Waals surface area contributed by atoms with E-state index in [0.29, 0.717) is 37.6 Å². The second kappa shape index (κ2) is 9.77. The topological polar surface area (TPSA) is 53.7 Å². The zero-order valence-corrected chi connectivity index (χ0v) is 12.4. The first-order valence-corrected chi connectivity index (χ1v) is 6.78. The number of thiocarbonyl (C=S) groups is 1. The highest BCUT2D eigenvalue weighted by atomic mass is 32.1. The van der Waals surface area contributed by atoms with Gasteiger partial charge < -0.3 is 19.9 Å². The minimum absolute atomic E-state index is 0.195. The van der Waals surface area contributed by atoms with Crippen LogP contribution in [0.2, 0.25) is 0 Å². The molecule has 1 rings (SSSR count). The van der Waals surface area contributed by atoms with Crippen LogP contribution in [-0.2, 0) is 20.8 Å². The Morgan fingerprint density at radius 1 is 1.20 bits per heavy atom. The van der Waals surface area contributed by atoms with Crippen LogP contribution in [0.4, 0.5) is 4.39 Å². The van der Waals surface area contributed by atoms with Crippen molar-refractivity contribution < 1.29 is 18.6 Å². The summed E-state index contributed by atoms with van der Waals surface area (Å²) in [7, 11) is 1.63. The third kappa shape index (κ3) is 6.38. The molecule has 6 heteroatoms. The van der Waals surface area contributed by atoms with Crippen molar-refractivity contribution in [2.24, 2.45) is 5.73 Å². The average molecular weight is 301 g/mol. The summed E-state index contributed by atoms with van der Waals surface area (Å²) in [6, 6.07) is 4.53. The largest absolute Gasteiger partial charge is 0.389 e. The second-order valence-corrected chi connectivity index (χ2v) is 4.62. The molecule has 1 aromatic rings. The fraction of sp³-hybridized carbons (Fsp3) is 0.500. The molecule has 20 heavy (non-hydrogen) atoms. The van der Waals surface area contributed by atoms with Gasteiger partial charge in [0.2, 0.25) is 0 Å². The predicted octanol–water partition coefficient (Wildman–Crippen LogP) is 2.03. The van der Waals surface area contributed by atoms with Crippen LogP contribution in [0.5, 0.6) is 0 Å². The first kappa shape index (κ1) is 17.0. The standard InChI is InChI=1S/C14H20FNO3S/c1-17-7-8-18-5-2-6-19-10-12-9-11(14(16)20)3-4-13(12)15/h3-4,9H,2,5-8,10H2,1H3,(H2,16,20). The highest BCUT2D eigenvalue weighted by molar-refractivity contribution is 7.80. The molecule has 0 spiro atoms. The molecule has 0 aliphatic heterocycles. The van der Waals surface area contributed by atoms with Gasteiger partial charge in [0.15, 0.2) is 0 Å². The van der Waals surface area contributed by atoms with Crippen molar-refractivity contribution >= 4 is 17.2 Å². The summed E-state index contributed by atoms with van der Waals surface area (Å²) in [6.45, 7) is 2.45. The number of hydrogen-bond acceptors (Lipinski definition) is 4. The van der Waals surface area contributed by atoms with Crippen LogP contribution < -0.4 is 5.73 Å². The van der Waals surface area contributed by atoms with Gasteiger partial charge in [0.1, 0.15) is 10.8 Å². The maximum Gasteiger partial charge on any atom is 0.128 e. The average Bonchev–Trinajstić information content (AvgIpc) is 2.43. The van der Waals surface area contributed by atoms with E-state index in [2.05, 4.69) is 0 Å². The number of halogens is 1. The van der Waals surface area contributed by atoms with Gasteiger partial charge in [-0.25, -0.2) is 4.39 Å². The van der Waals surface area contributed by atoms with Crippen LogP contribution in [0, 0.1) is 5.82 Å². The van der Waals surface area contributed by atoms with Gasteiger partial charge in [0, 0.05) is 31.5 Å². The fourth-order valence-corrected chi connectivity index (χ4v) is 1.66. The molecule has 1 aromatic carbocycles. The Morgan fingerprint density at radius 3 is 2.65 bits per heavy atom. The minimum atomic E-state index is -0.318. The SMILES string of the molecule is COCCOCCCOCc1cc(C(N)=S)ccc1F. The van der Waals surface area contributed by atoms with Crippen LogP contribution in [0.1, 0.15) is 17.5 Å². The van der Waals surface area contributed by atoms with Crippen LogP contribution in [-0.4, -0.2) is 38.5 Å². The second-order valence-electron chi connectivity index (χ2n) is 4.18. The fourth-order valence-electron chi connectivity index (χ4n) is 1.53. The van der Waals surface area contributed by atoms with Crippen LogP contribution >= 0.6 is 12.2 Å². The molecule has 0 amide bonds. The van der Waals surface area contributed by atoms with Gasteiger partial charge >= 0.3 is 0 Å².